The Balaban J connectivity index is 0.00000228. The molecule has 5 aromatic rings. The van der Waals surface area contributed by atoms with E-state index in [0.29, 0.717) is 40.0 Å². The van der Waals surface area contributed by atoms with Gasteiger partial charge in [-0.2, -0.15) is 0 Å². The molecule has 20 heteroatoms. The van der Waals surface area contributed by atoms with Crippen molar-refractivity contribution in [1.82, 2.24) is 25.1 Å². The standard InChI is InChI=1S/C48H45ClF2N8O7.CH3NO/c1-25(23-66-40-12-8-31(49)18-38(40)53-21-27-4-9-33-30(16-27)22-59(48(33)64)39-11-13-41(60)57-46(39)62)47(63)58(3)14-15-65-43-42(54-24-55-44(43)52)35-19-32(50)20-37(26(35)2)56-45(61)34-10-7-29(17-36(34)51)28-5-6-28;2-1-3/h4,7-10,12,16-20,24,28,39,53H,1,5-6,11,13-15,21-23H2,2-3H3,(H,56,61)(H2,52,54,55)(H,57,60,62);1H,(H2,2,3). The van der Waals surface area contributed by atoms with Gasteiger partial charge in [0.05, 0.1) is 17.8 Å². The molecule has 7 N–H and O–H groups in total. The van der Waals surface area contributed by atoms with Gasteiger partial charge in [0.25, 0.3) is 17.7 Å². The molecular formula is C49H48ClF2N9O8. The lowest BCUT2D eigenvalue weighted by molar-refractivity contribution is -0.137. The van der Waals surface area contributed by atoms with Crippen LogP contribution in [0.3, 0.4) is 0 Å². The summed E-state index contributed by atoms with van der Waals surface area (Å²) in [4.78, 5) is 83.6. The zero-order chi connectivity index (χ0) is 49.5. The van der Waals surface area contributed by atoms with Gasteiger partial charge in [-0.1, -0.05) is 36.4 Å². The first-order valence-electron chi connectivity index (χ1n) is 21.7. The van der Waals surface area contributed by atoms with Gasteiger partial charge in [0.2, 0.25) is 18.2 Å². The third kappa shape index (κ3) is 11.4. The summed E-state index contributed by atoms with van der Waals surface area (Å²) >= 11 is 6.34. The summed E-state index contributed by atoms with van der Waals surface area (Å²) in [6.07, 6.45) is 3.84. The van der Waals surface area contributed by atoms with E-state index < -0.39 is 35.4 Å². The number of carbonyl (C=O) groups excluding carboxylic acids is 6. The maximum absolute atomic E-state index is 15.1. The highest BCUT2D eigenvalue weighted by atomic mass is 35.5. The second kappa shape index (κ2) is 21.4. The summed E-state index contributed by atoms with van der Waals surface area (Å²) < 4.78 is 42.1. The monoisotopic (exact) mass is 963 g/mol. The molecule has 1 saturated heterocycles. The summed E-state index contributed by atoms with van der Waals surface area (Å²) in [5, 5.41) is 8.68. The molecule has 0 bridgehead atoms. The first-order valence-corrected chi connectivity index (χ1v) is 22.1. The second-order valence-corrected chi connectivity index (χ2v) is 17.0. The van der Waals surface area contributed by atoms with E-state index in [-0.39, 0.29) is 97.0 Å². The highest BCUT2D eigenvalue weighted by molar-refractivity contribution is 6.31. The van der Waals surface area contributed by atoms with Gasteiger partial charge in [0.1, 0.15) is 48.7 Å². The van der Waals surface area contributed by atoms with Gasteiger partial charge >= 0.3 is 0 Å². The van der Waals surface area contributed by atoms with Crippen LogP contribution < -0.4 is 36.9 Å². The molecule has 2 aliphatic heterocycles. The van der Waals surface area contributed by atoms with Crippen molar-refractivity contribution in [3.8, 4) is 22.8 Å². The van der Waals surface area contributed by atoms with Crippen LogP contribution in [0.1, 0.15) is 74.6 Å². The number of amides is 6. The van der Waals surface area contributed by atoms with E-state index in [9.17, 15) is 28.4 Å². The number of ether oxygens (including phenoxy) is 2. The van der Waals surface area contributed by atoms with Crippen LogP contribution in [-0.4, -0.2) is 88.6 Å². The van der Waals surface area contributed by atoms with E-state index >= 15 is 4.39 Å². The Morgan fingerprint density at radius 1 is 1.00 bits per heavy atom. The number of rotatable bonds is 16. The number of hydrogen-bond acceptors (Lipinski definition) is 12. The van der Waals surface area contributed by atoms with Crippen molar-refractivity contribution < 1.29 is 47.0 Å². The summed E-state index contributed by atoms with van der Waals surface area (Å²) in [5.74, 6) is -2.94. The molecule has 69 heavy (non-hydrogen) atoms. The number of piperidine rings is 1. The summed E-state index contributed by atoms with van der Waals surface area (Å²) in [6.45, 7) is 5.95. The number of nitrogens with one attached hydrogen (secondary N) is 3. The first kappa shape index (κ1) is 49.0. The van der Waals surface area contributed by atoms with Crippen LogP contribution >= 0.6 is 11.6 Å². The maximum atomic E-state index is 15.1. The van der Waals surface area contributed by atoms with Crippen LogP contribution in [0.15, 0.2) is 85.2 Å². The number of hydrogen-bond donors (Lipinski definition) is 5. The molecule has 1 aromatic heterocycles. The van der Waals surface area contributed by atoms with Crippen LogP contribution in [0.4, 0.5) is 26.0 Å². The molecular weight excluding hydrogens is 916 g/mol. The van der Waals surface area contributed by atoms with Crippen molar-refractivity contribution in [2.75, 3.05) is 43.2 Å². The number of anilines is 3. The molecule has 1 unspecified atom stereocenters. The van der Waals surface area contributed by atoms with E-state index in [2.05, 4.69) is 38.2 Å². The van der Waals surface area contributed by atoms with Crippen molar-refractivity contribution in [3.63, 3.8) is 0 Å². The third-order valence-corrected chi connectivity index (χ3v) is 12.0. The Kier molecular flexibility index (Phi) is 15.2. The zero-order valence-electron chi connectivity index (χ0n) is 37.6. The van der Waals surface area contributed by atoms with E-state index in [1.54, 1.807) is 44.3 Å². The number of carbonyl (C=O) groups is 6. The molecule has 1 saturated carbocycles. The maximum Gasteiger partial charge on any atom is 0.258 e. The lowest BCUT2D eigenvalue weighted by Gasteiger charge is -2.29. The van der Waals surface area contributed by atoms with Crippen molar-refractivity contribution in [3.05, 3.63) is 135 Å². The van der Waals surface area contributed by atoms with Crippen molar-refractivity contribution in [1.29, 1.82) is 0 Å². The largest absolute Gasteiger partial charge is 0.487 e. The fourth-order valence-corrected chi connectivity index (χ4v) is 8.11. The topological polar surface area (TPSA) is 241 Å². The Labute approximate surface area is 400 Å². The van der Waals surface area contributed by atoms with Gasteiger partial charge < -0.3 is 41.4 Å². The zero-order valence-corrected chi connectivity index (χ0v) is 38.3. The van der Waals surface area contributed by atoms with E-state index in [0.717, 1.165) is 35.6 Å². The average molecular weight is 964 g/mol. The van der Waals surface area contributed by atoms with Gasteiger partial charge in [-0.15, -0.1) is 0 Å². The summed E-state index contributed by atoms with van der Waals surface area (Å²) in [5.41, 5.74) is 14.7. The van der Waals surface area contributed by atoms with E-state index in [1.165, 1.54) is 34.3 Å². The second-order valence-electron chi connectivity index (χ2n) is 16.5. The van der Waals surface area contributed by atoms with Gasteiger partial charge in [0.15, 0.2) is 11.6 Å². The predicted octanol–water partition coefficient (Wildman–Crippen LogP) is 6.04. The molecule has 1 atom stereocenters. The Hall–Kier alpha value is -7.93. The lowest BCUT2D eigenvalue weighted by atomic mass is 10.0. The van der Waals surface area contributed by atoms with Crippen molar-refractivity contribution in [2.45, 2.75) is 57.7 Å². The molecule has 0 radical (unpaired) electrons. The number of nitrogens with two attached hydrogens (primary N) is 2. The minimum absolute atomic E-state index is 0.0264. The molecule has 2 fully saturated rings. The molecule has 17 nitrogen and oxygen atoms in total. The number of primary amides is 1. The van der Waals surface area contributed by atoms with Crippen molar-refractivity contribution in [2.24, 2.45) is 5.73 Å². The van der Waals surface area contributed by atoms with E-state index in [4.69, 9.17) is 31.6 Å². The molecule has 1 aliphatic carbocycles. The number of fused-ring (bicyclic) bond motifs is 1. The Bertz CT molecular complexity index is 2880. The normalized spacial score (nSPS) is 15.0. The van der Waals surface area contributed by atoms with Crippen molar-refractivity contribution >= 4 is 64.7 Å². The van der Waals surface area contributed by atoms with Gasteiger partial charge in [-0.3, -0.25) is 34.1 Å². The SMILES string of the molecule is C=C(COc1ccc(Cl)cc1NCc1ccc2c(c1)CN(C1CCC(=O)NC1=O)C2=O)C(=O)N(C)CCOc1c(N)ncnc1-c1cc(F)cc(NC(=O)c2ccc(C3CC3)cc2F)c1C.NC=O. The number of aromatic nitrogens is 2. The number of nitrogen functional groups attached to an aromatic ring is 1. The third-order valence-electron chi connectivity index (χ3n) is 11.7. The van der Waals surface area contributed by atoms with Gasteiger partial charge in [0, 0.05) is 54.0 Å². The average Bonchev–Trinajstić information content (AvgIpc) is 4.12. The molecule has 358 valence electrons. The molecule has 8 rings (SSSR count). The smallest absolute Gasteiger partial charge is 0.258 e. The first-order chi connectivity index (χ1) is 33.1. The molecule has 3 heterocycles. The molecule has 3 aliphatic rings. The molecule has 4 aromatic carbocycles. The van der Waals surface area contributed by atoms with Gasteiger partial charge in [-0.05, 0) is 103 Å². The molecule has 0 spiro atoms. The van der Waals surface area contributed by atoms with Crippen LogP contribution in [0.5, 0.6) is 11.5 Å². The van der Waals surface area contributed by atoms with Crippen LogP contribution in [0.25, 0.3) is 11.3 Å². The number of imide groups is 1. The fourth-order valence-electron chi connectivity index (χ4n) is 7.94. The minimum Gasteiger partial charge on any atom is -0.487 e. The van der Waals surface area contributed by atoms with Crippen LogP contribution in [0, 0.1) is 18.6 Å². The predicted molar refractivity (Wildman–Crippen MR) is 252 cm³/mol. The summed E-state index contributed by atoms with van der Waals surface area (Å²) in [6, 6.07) is 16.5. The highest BCUT2D eigenvalue weighted by Gasteiger charge is 2.39. The number of halogens is 3. The van der Waals surface area contributed by atoms with Gasteiger partial charge in [-0.25, -0.2) is 18.7 Å². The number of benzene rings is 4. The molecule has 6 amide bonds. The van der Waals surface area contributed by atoms with Crippen LogP contribution in [-0.2, 0) is 32.3 Å². The van der Waals surface area contributed by atoms with E-state index in [1.807, 2.05) is 12.1 Å². The lowest BCUT2D eigenvalue weighted by Crippen LogP contribution is -2.52. The Morgan fingerprint density at radius 2 is 1.77 bits per heavy atom. The summed E-state index contributed by atoms with van der Waals surface area (Å²) in [7, 11) is 1.56. The quantitative estimate of drug-likeness (QED) is 0.0432. The minimum atomic E-state index is -0.742. The number of likely N-dealkylation sites (N-methyl/N-ethyl adjacent to an activating group) is 1. The number of nitrogens with zero attached hydrogens (tertiary/aromatic N) is 4. The Morgan fingerprint density at radius 3 is 2.49 bits per heavy atom. The fraction of sp³-hybridized carbons (Fsp3) is 0.265. The van der Waals surface area contributed by atoms with Crippen LogP contribution in [0.2, 0.25) is 5.02 Å². The highest BCUT2D eigenvalue weighted by Crippen LogP contribution is 2.41.